The van der Waals surface area contributed by atoms with Gasteiger partial charge < -0.3 is 10.2 Å². The highest BCUT2D eigenvalue weighted by atomic mass is 19.3. The van der Waals surface area contributed by atoms with E-state index in [-0.39, 0.29) is 31.1 Å². The molecule has 5 rings (SSSR count). The number of fused-ring (bicyclic) bond motifs is 5. The molecule has 7 atom stereocenters. The van der Waals surface area contributed by atoms with E-state index in [0.717, 1.165) is 49.9 Å². The molecule has 202 valence electrons. The smallest absolute Gasteiger partial charge is 0.248 e. The van der Waals surface area contributed by atoms with Crippen LogP contribution < -0.4 is 0 Å². The van der Waals surface area contributed by atoms with Gasteiger partial charge >= 0.3 is 0 Å². The van der Waals surface area contributed by atoms with E-state index in [0.29, 0.717) is 17.8 Å². The summed E-state index contributed by atoms with van der Waals surface area (Å²) in [7, 11) is 0. The topological polar surface area (TPSA) is 40.5 Å². The van der Waals surface area contributed by atoms with E-state index in [1.807, 2.05) is 20.8 Å². The summed E-state index contributed by atoms with van der Waals surface area (Å²) in [5.41, 5.74) is 0.810. The van der Waals surface area contributed by atoms with Crippen molar-refractivity contribution in [2.24, 2.45) is 34.5 Å². The van der Waals surface area contributed by atoms with Gasteiger partial charge in [0, 0.05) is 12.8 Å². The predicted octanol–water partition coefficient (Wildman–Crippen LogP) is 8.45. The van der Waals surface area contributed by atoms with E-state index in [2.05, 4.69) is 19.9 Å². The number of alkyl halides is 2. The summed E-state index contributed by atoms with van der Waals surface area (Å²) in [5.74, 6) is 0.457. The van der Waals surface area contributed by atoms with Gasteiger partial charge in [-0.15, -0.1) is 0 Å². The fraction of sp³-hybridized carbons (Fsp3) is 0.935. The lowest BCUT2D eigenvalue weighted by molar-refractivity contribution is -0.107. The second-order valence-corrected chi connectivity index (χ2v) is 13.7. The third kappa shape index (κ3) is 5.14. The molecule has 0 heterocycles. The Hall–Kier alpha value is -0.480. The lowest BCUT2D eigenvalue weighted by atomic mass is 9.46. The molecule has 0 amide bonds. The van der Waals surface area contributed by atoms with Gasteiger partial charge in [-0.2, -0.15) is 0 Å². The normalized spacial score (nSPS) is 45.8. The van der Waals surface area contributed by atoms with Crippen LogP contribution in [0.2, 0.25) is 0 Å². The minimum atomic E-state index is -2.57. The third-order valence-electron chi connectivity index (χ3n) is 11.7. The minimum Gasteiger partial charge on any atom is -0.390 e. The quantitative estimate of drug-likeness (QED) is 0.385. The fourth-order valence-electron chi connectivity index (χ4n) is 9.40. The molecule has 4 fully saturated rings. The standard InChI is InChI=1S/C29H46F2O2.C2H6/c1-25(32)13-14-27(3)21(19-25)6-8-22-23-9-7-20(26(23,2)12-10-24(22)27)5-4-11-28(33)15-17-29(30,31)18-16-28;1-2/h6,20,22-24,32-33H,4-5,7-19H2,1-3H3;1-2H3/t20?,22?,23?,24?,25-,26?,27?;/m0./s1. The van der Waals surface area contributed by atoms with Crippen molar-refractivity contribution < 1.29 is 19.0 Å². The van der Waals surface area contributed by atoms with E-state index in [1.165, 1.54) is 37.7 Å². The Kier molecular flexibility index (Phi) is 7.62. The molecule has 2 nitrogen and oxygen atoms in total. The van der Waals surface area contributed by atoms with Crippen molar-refractivity contribution in [1.82, 2.24) is 0 Å². The van der Waals surface area contributed by atoms with Crippen LogP contribution in [0.25, 0.3) is 0 Å². The maximum absolute atomic E-state index is 13.5. The fourth-order valence-corrected chi connectivity index (χ4v) is 9.40. The Bertz CT molecular complexity index is 779. The minimum absolute atomic E-state index is 0.153. The summed E-state index contributed by atoms with van der Waals surface area (Å²) in [6.07, 6.45) is 14.9. The first kappa shape index (κ1) is 27.6. The second-order valence-electron chi connectivity index (χ2n) is 13.7. The van der Waals surface area contributed by atoms with Crippen molar-refractivity contribution >= 4 is 0 Å². The molecule has 4 saturated carbocycles. The molecule has 2 N–H and O–H groups in total. The molecular weight excluding hydrogens is 442 g/mol. The SMILES string of the molecule is CC.CC12CC[C@](C)(O)CC1=CCC1C2CCC2(C)C(CCCC3(O)CCC(F)(F)CC3)CCC12. The Balaban J connectivity index is 0.00000141. The third-order valence-corrected chi connectivity index (χ3v) is 11.7. The number of hydrogen-bond acceptors (Lipinski definition) is 2. The van der Waals surface area contributed by atoms with Crippen molar-refractivity contribution in [1.29, 1.82) is 0 Å². The molecule has 0 saturated heterocycles. The summed E-state index contributed by atoms with van der Waals surface area (Å²) in [6, 6.07) is 0. The Morgan fingerprint density at radius 2 is 1.54 bits per heavy atom. The van der Waals surface area contributed by atoms with Crippen molar-refractivity contribution in [2.45, 2.75) is 148 Å². The van der Waals surface area contributed by atoms with E-state index in [4.69, 9.17) is 0 Å². The molecule has 0 aliphatic heterocycles. The molecule has 0 bridgehead atoms. The van der Waals surface area contributed by atoms with Gasteiger partial charge in [0.2, 0.25) is 5.92 Å². The maximum Gasteiger partial charge on any atom is 0.248 e. The van der Waals surface area contributed by atoms with Gasteiger partial charge in [-0.3, -0.25) is 0 Å². The summed E-state index contributed by atoms with van der Waals surface area (Å²) in [5, 5.41) is 21.5. The van der Waals surface area contributed by atoms with E-state index in [9.17, 15) is 19.0 Å². The maximum atomic E-state index is 13.5. The highest BCUT2D eigenvalue weighted by Gasteiger charge is 2.59. The average molecular weight is 495 g/mol. The predicted molar refractivity (Wildman–Crippen MR) is 139 cm³/mol. The Morgan fingerprint density at radius 1 is 0.857 bits per heavy atom. The van der Waals surface area contributed by atoms with Crippen molar-refractivity contribution in [3.63, 3.8) is 0 Å². The van der Waals surface area contributed by atoms with Crippen molar-refractivity contribution in [3.05, 3.63) is 11.6 Å². The van der Waals surface area contributed by atoms with Crippen LogP contribution in [0.1, 0.15) is 131 Å². The molecule has 0 radical (unpaired) electrons. The van der Waals surface area contributed by atoms with Gasteiger partial charge in [-0.1, -0.05) is 45.8 Å². The van der Waals surface area contributed by atoms with Gasteiger partial charge in [-0.25, -0.2) is 8.78 Å². The molecule has 5 aliphatic carbocycles. The van der Waals surface area contributed by atoms with E-state index in [1.54, 1.807) is 0 Å². The Labute approximate surface area is 213 Å². The number of aliphatic hydroxyl groups is 2. The molecule has 0 aromatic rings. The number of allylic oxidation sites excluding steroid dienone is 1. The summed E-state index contributed by atoms with van der Waals surface area (Å²) < 4.78 is 27.1. The van der Waals surface area contributed by atoms with Crippen LogP contribution in [0.4, 0.5) is 8.78 Å². The highest BCUT2D eigenvalue weighted by molar-refractivity contribution is 5.26. The second kappa shape index (κ2) is 9.68. The number of rotatable bonds is 4. The van der Waals surface area contributed by atoms with Gasteiger partial charge in [0.1, 0.15) is 0 Å². The van der Waals surface area contributed by atoms with Crippen LogP contribution in [0, 0.1) is 34.5 Å². The van der Waals surface area contributed by atoms with Gasteiger partial charge in [-0.05, 0) is 118 Å². The van der Waals surface area contributed by atoms with Crippen molar-refractivity contribution in [2.75, 3.05) is 0 Å². The van der Waals surface area contributed by atoms with Crippen LogP contribution in [0.15, 0.2) is 11.6 Å². The first-order valence-electron chi connectivity index (χ1n) is 14.9. The molecule has 35 heavy (non-hydrogen) atoms. The zero-order chi connectivity index (χ0) is 25.7. The molecule has 0 aromatic heterocycles. The summed E-state index contributed by atoms with van der Waals surface area (Å²) in [4.78, 5) is 0. The zero-order valence-electron chi connectivity index (χ0n) is 23.1. The summed E-state index contributed by atoms with van der Waals surface area (Å²) in [6.45, 7) is 11.1. The Morgan fingerprint density at radius 3 is 2.23 bits per heavy atom. The van der Waals surface area contributed by atoms with E-state index < -0.39 is 17.1 Å². The van der Waals surface area contributed by atoms with Gasteiger partial charge in [0.25, 0.3) is 0 Å². The van der Waals surface area contributed by atoms with Crippen LogP contribution in [-0.2, 0) is 0 Å². The summed E-state index contributed by atoms with van der Waals surface area (Å²) >= 11 is 0. The van der Waals surface area contributed by atoms with Crippen LogP contribution in [0.5, 0.6) is 0 Å². The van der Waals surface area contributed by atoms with Crippen LogP contribution in [-0.4, -0.2) is 27.3 Å². The first-order chi connectivity index (χ1) is 16.4. The van der Waals surface area contributed by atoms with Gasteiger partial charge in [0.05, 0.1) is 11.2 Å². The molecule has 6 unspecified atom stereocenters. The van der Waals surface area contributed by atoms with Crippen LogP contribution >= 0.6 is 0 Å². The van der Waals surface area contributed by atoms with Crippen LogP contribution in [0.3, 0.4) is 0 Å². The lowest BCUT2D eigenvalue weighted by Gasteiger charge is -2.59. The number of hydrogen-bond donors (Lipinski definition) is 2. The average Bonchev–Trinajstić information content (AvgIpc) is 3.14. The first-order valence-corrected chi connectivity index (χ1v) is 14.9. The zero-order valence-corrected chi connectivity index (χ0v) is 23.1. The molecular formula is C31H52F2O2. The lowest BCUT2D eigenvalue weighted by Crippen LogP contribution is -2.51. The van der Waals surface area contributed by atoms with E-state index >= 15 is 0 Å². The molecule has 5 aliphatic rings. The molecule has 0 spiro atoms. The monoisotopic (exact) mass is 494 g/mol. The molecule has 0 aromatic carbocycles. The van der Waals surface area contributed by atoms with Crippen molar-refractivity contribution in [3.8, 4) is 0 Å². The van der Waals surface area contributed by atoms with Gasteiger partial charge in [0.15, 0.2) is 0 Å². The molecule has 4 heteroatoms. The largest absolute Gasteiger partial charge is 0.390 e. The highest BCUT2D eigenvalue weighted by Crippen LogP contribution is 2.67. The number of halogens is 2.